The lowest BCUT2D eigenvalue weighted by Crippen LogP contribution is -2.27. The maximum atomic E-state index is 13.5. The standard InChI is InChI=1S/C30H29N3O5/c1-3-20-14-24(27(35)13-18-6-8-21(9-7-18)25(31)16-34)23(12-17(20)2)22-10-11-26(33-28(22)30(37)38)29(36)32-15-19-4-5-19/h3,6-12,14,19,31,34H,1,4-5,13,15-16H2,2H3,(H,32,36)(H,37,38). The average Bonchev–Trinajstić information content (AvgIpc) is 3.75. The topological polar surface area (TPSA) is 140 Å². The first kappa shape index (κ1) is 26.6. The van der Waals surface area contributed by atoms with Gasteiger partial charge in [0.1, 0.15) is 5.69 Å². The minimum absolute atomic E-state index is 0.00708. The van der Waals surface area contributed by atoms with Crippen molar-refractivity contribution in [3.63, 3.8) is 0 Å². The van der Waals surface area contributed by atoms with Gasteiger partial charge in [0, 0.05) is 24.1 Å². The zero-order valence-electron chi connectivity index (χ0n) is 21.1. The number of amides is 1. The predicted octanol–water partition coefficient (Wildman–Crippen LogP) is 4.32. The maximum absolute atomic E-state index is 13.5. The quantitative estimate of drug-likeness (QED) is 0.223. The normalized spacial score (nSPS) is 12.6. The molecule has 1 aromatic heterocycles. The number of nitrogens with zero attached hydrogens (tertiary/aromatic N) is 1. The number of ketones is 1. The minimum atomic E-state index is -1.30. The fourth-order valence-corrected chi connectivity index (χ4v) is 4.21. The number of carboxylic acids is 1. The number of aliphatic hydroxyl groups excluding tert-OH is 1. The first-order valence-corrected chi connectivity index (χ1v) is 12.3. The van der Waals surface area contributed by atoms with Crippen molar-refractivity contribution in [3.8, 4) is 11.1 Å². The smallest absolute Gasteiger partial charge is 0.355 e. The Morgan fingerprint density at radius 3 is 2.42 bits per heavy atom. The predicted molar refractivity (Wildman–Crippen MR) is 145 cm³/mol. The zero-order valence-corrected chi connectivity index (χ0v) is 21.1. The van der Waals surface area contributed by atoms with Crippen LogP contribution in [0.1, 0.15) is 66.4 Å². The van der Waals surface area contributed by atoms with E-state index in [-0.39, 0.29) is 41.5 Å². The van der Waals surface area contributed by atoms with Crippen LogP contribution in [0.4, 0.5) is 0 Å². The van der Waals surface area contributed by atoms with Gasteiger partial charge in [-0.2, -0.15) is 0 Å². The van der Waals surface area contributed by atoms with Crippen molar-refractivity contribution in [2.24, 2.45) is 5.92 Å². The van der Waals surface area contributed by atoms with Crippen molar-refractivity contribution in [2.75, 3.05) is 13.2 Å². The molecule has 8 nitrogen and oxygen atoms in total. The van der Waals surface area contributed by atoms with E-state index < -0.39 is 11.9 Å². The minimum Gasteiger partial charge on any atom is -0.476 e. The van der Waals surface area contributed by atoms with Crippen LogP contribution in [-0.4, -0.2) is 51.7 Å². The summed E-state index contributed by atoms with van der Waals surface area (Å²) in [6.45, 7) is 5.82. The molecule has 0 unspecified atom stereocenters. The van der Waals surface area contributed by atoms with Crippen molar-refractivity contribution in [2.45, 2.75) is 26.2 Å². The van der Waals surface area contributed by atoms with Gasteiger partial charge in [-0.25, -0.2) is 9.78 Å². The van der Waals surface area contributed by atoms with E-state index in [9.17, 15) is 19.5 Å². The molecule has 0 atom stereocenters. The number of aromatic nitrogens is 1. The molecule has 1 amide bonds. The number of aliphatic hydroxyl groups is 1. The van der Waals surface area contributed by atoms with Crippen molar-refractivity contribution in [3.05, 3.63) is 94.3 Å². The highest BCUT2D eigenvalue weighted by molar-refractivity contribution is 6.07. The molecule has 8 heteroatoms. The number of Topliss-reactive ketones (excluding diaryl/α,β-unsaturated/α-hetero) is 1. The van der Waals surface area contributed by atoms with Crippen LogP contribution in [0.15, 0.2) is 55.1 Å². The van der Waals surface area contributed by atoms with E-state index in [1.165, 1.54) is 12.1 Å². The van der Waals surface area contributed by atoms with Crippen molar-refractivity contribution in [1.82, 2.24) is 10.3 Å². The van der Waals surface area contributed by atoms with Crippen LogP contribution >= 0.6 is 0 Å². The van der Waals surface area contributed by atoms with Gasteiger partial charge in [-0.15, -0.1) is 0 Å². The van der Waals surface area contributed by atoms with Crippen LogP contribution in [0.5, 0.6) is 0 Å². The van der Waals surface area contributed by atoms with Crippen LogP contribution in [0.3, 0.4) is 0 Å². The number of hydrogen-bond donors (Lipinski definition) is 4. The number of nitrogens with one attached hydrogen (secondary N) is 2. The van der Waals surface area contributed by atoms with E-state index in [0.717, 1.165) is 24.0 Å². The molecule has 0 bridgehead atoms. The summed E-state index contributed by atoms with van der Waals surface area (Å²) < 4.78 is 0. The summed E-state index contributed by atoms with van der Waals surface area (Å²) in [4.78, 5) is 42.4. The third-order valence-electron chi connectivity index (χ3n) is 6.62. The molecular weight excluding hydrogens is 482 g/mol. The Labute approximate surface area is 220 Å². The zero-order chi connectivity index (χ0) is 27.4. The molecule has 0 spiro atoms. The van der Waals surface area contributed by atoms with Gasteiger partial charge in [0.05, 0.1) is 12.3 Å². The number of carbonyl (C=O) groups excluding carboxylic acids is 2. The van der Waals surface area contributed by atoms with E-state index in [4.69, 9.17) is 10.5 Å². The van der Waals surface area contributed by atoms with Crippen LogP contribution in [0.25, 0.3) is 17.2 Å². The molecular formula is C30H29N3O5. The molecule has 4 N–H and O–H groups in total. The van der Waals surface area contributed by atoms with Gasteiger partial charge in [0.25, 0.3) is 5.91 Å². The Hall–Kier alpha value is -4.43. The SMILES string of the molecule is C=Cc1cc(C(=O)Cc2ccc(C(=N)CO)cc2)c(-c2ccc(C(=O)NCC3CC3)nc2C(=O)O)cc1C. The molecule has 0 saturated heterocycles. The summed E-state index contributed by atoms with van der Waals surface area (Å²) in [7, 11) is 0. The molecule has 1 aliphatic rings. The maximum Gasteiger partial charge on any atom is 0.355 e. The first-order chi connectivity index (χ1) is 18.2. The van der Waals surface area contributed by atoms with Gasteiger partial charge in [-0.3, -0.25) is 9.59 Å². The second-order valence-corrected chi connectivity index (χ2v) is 9.44. The lowest BCUT2D eigenvalue weighted by Gasteiger charge is -2.15. The Kier molecular flexibility index (Phi) is 7.93. The largest absolute Gasteiger partial charge is 0.476 e. The summed E-state index contributed by atoms with van der Waals surface area (Å²) in [5.74, 6) is -1.51. The van der Waals surface area contributed by atoms with Crippen LogP contribution in [0.2, 0.25) is 0 Å². The number of hydrogen-bond acceptors (Lipinski definition) is 6. The van der Waals surface area contributed by atoms with Crippen LogP contribution in [-0.2, 0) is 6.42 Å². The fraction of sp³-hybridized carbons (Fsp3) is 0.233. The third-order valence-corrected chi connectivity index (χ3v) is 6.62. The average molecular weight is 512 g/mol. The number of carboxylic acid groups (broad SMARTS) is 1. The lowest BCUT2D eigenvalue weighted by molar-refractivity contribution is 0.0691. The molecule has 1 aliphatic carbocycles. The van der Waals surface area contributed by atoms with Gasteiger partial charge in [0.15, 0.2) is 11.5 Å². The molecule has 0 aliphatic heterocycles. The molecule has 1 heterocycles. The van der Waals surface area contributed by atoms with Crippen molar-refractivity contribution in [1.29, 1.82) is 5.41 Å². The van der Waals surface area contributed by atoms with Crippen LogP contribution < -0.4 is 5.32 Å². The summed E-state index contributed by atoms with van der Waals surface area (Å²) in [5.41, 5.74) is 3.55. The number of pyridine rings is 1. The number of rotatable bonds is 11. The van der Waals surface area contributed by atoms with Gasteiger partial charge in [0.2, 0.25) is 0 Å². The molecule has 3 aromatic rings. The van der Waals surface area contributed by atoms with Gasteiger partial charge < -0.3 is 20.9 Å². The highest BCUT2D eigenvalue weighted by Crippen LogP contribution is 2.32. The highest BCUT2D eigenvalue weighted by Gasteiger charge is 2.25. The summed E-state index contributed by atoms with van der Waals surface area (Å²) in [6.07, 6.45) is 3.81. The van der Waals surface area contributed by atoms with E-state index in [1.54, 1.807) is 42.5 Å². The van der Waals surface area contributed by atoms with E-state index in [2.05, 4.69) is 16.9 Å². The second kappa shape index (κ2) is 11.3. The Morgan fingerprint density at radius 2 is 1.82 bits per heavy atom. The number of carbonyl (C=O) groups is 3. The van der Waals surface area contributed by atoms with Gasteiger partial charge >= 0.3 is 5.97 Å². The van der Waals surface area contributed by atoms with Crippen molar-refractivity contribution < 1.29 is 24.6 Å². The van der Waals surface area contributed by atoms with Crippen LogP contribution in [0, 0.1) is 18.3 Å². The molecule has 1 saturated carbocycles. The molecule has 0 radical (unpaired) electrons. The summed E-state index contributed by atoms with van der Waals surface area (Å²) in [5, 5.41) is 29.7. The monoisotopic (exact) mass is 511 g/mol. The van der Waals surface area contributed by atoms with Gasteiger partial charge in [-0.05, 0) is 71.7 Å². The van der Waals surface area contributed by atoms with E-state index in [0.29, 0.717) is 34.7 Å². The summed E-state index contributed by atoms with van der Waals surface area (Å²) >= 11 is 0. The second-order valence-electron chi connectivity index (χ2n) is 9.44. The first-order valence-electron chi connectivity index (χ1n) is 12.3. The molecule has 194 valence electrons. The third kappa shape index (κ3) is 5.92. The number of benzene rings is 2. The fourth-order valence-electron chi connectivity index (χ4n) is 4.21. The Morgan fingerprint density at radius 1 is 1.11 bits per heavy atom. The van der Waals surface area contributed by atoms with Gasteiger partial charge in [-0.1, -0.05) is 43.0 Å². The molecule has 38 heavy (non-hydrogen) atoms. The lowest BCUT2D eigenvalue weighted by atomic mass is 9.89. The van der Waals surface area contributed by atoms with E-state index >= 15 is 0 Å². The van der Waals surface area contributed by atoms with Crippen molar-refractivity contribution >= 4 is 29.4 Å². The Balaban J connectivity index is 1.71. The Bertz CT molecular complexity index is 1440. The summed E-state index contributed by atoms with van der Waals surface area (Å²) in [6, 6.07) is 13.2. The molecule has 2 aromatic carbocycles. The number of aryl methyl sites for hydroxylation is 1. The highest BCUT2D eigenvalue weighted by atomic mass is 16.4. The molecule has 1 fully saturated rings. The number of aromatic carboxylic acids is 1. The van der Waals surface area contributed by atoms with E-state index in [1.807, 2.05) is 6.92 Å². The molecule has 4 rings (SSSR count).